The standard InChI is InChI=1S/C14H23BrN2O2S/c1-4-7-16-10-12-5-6-14(13(15)8-12)20(18,19)17-9-11(2)3/h5-6,8,11,16-17H,4,7,9-10H2,1-3H3. The zero-order valence-corrected chi connectivity index (χ0v) is 14.6. The summed E-state index contributed by atoms with van der Waals surface area (Å²) in [5.41, 5.74) is 1.06. The Morgan fingerprint density at radius 1 is 1.30 bits per heavy atom. The third kappa shape index (κ3) is 5.52. The van der Waals surface area contributed by atoms with Crippen LogP contribution in [-0.2, 0) is 16.6 Å². The zero-order valence-electron chi connectivity index (χ0n) is 12.2. The maximum absolute atomic E-state index is 12.2. The minimum atomic E-state index is -3.45. The van der Waals surface area contributed by atoms with Gasteiger partial charge >= 0.3 is 0 Å². The van der Waals surface area contributed by atoms with E-state index >= 15 is 0 Å². The summed E-state index contributed by atoms with van der Waals surface area (Å²) >= 11 is 3.35. The van der Waals surface area contributed by atoms with Crippen molar-refractivity contribution >= 4 is 26.0 Å². The number of nitrogens with one attached hydrogen (secondary N) is 2. The maximum atomic E-state index is 12.2. The predicted molar refractivity (Wildman–Crippen MR) is 86.2 cm³/mol. The number of benzene rings is 1. The highest BCUT2D eigenvalue weighted by Crippen LogP contribution is 2.23. The van der Waals surface area contributed by atoms with Crippen LogP contribution >= 0.6 is 15.9 Å². The molecule has 0 bridgehead atoms. The predicted octanol–water partition coefficient (Wildman–Crippen LogP) is 2.88. The molecule has 0 heterocycles. The molecule has 0 aliphatic carbocycles. The summed E-state index contributed by atoms with van der Waals surface area (Å²) in [6.07, 6.45) is 1.08. The largest absolute Gasteiger partial charge is 0.313 e. The quantitative estimate of drug-likeness (QED) is 0.699. The molecule has 1 rings (SSSR count). The normalized spacial score (nSPS) is 12.1. The molecule has 2 N–H and O–H groups in total. The fraction of sp³-hybridized carbons (Fsp3) is 0.571. The Hall–Kier alpha value is -0.430. The molecular weight excluding hydrogens is 340 g/mol. The molecule has 6 heteroatoms. The Labute approximate surface area is 130 Å². The van der Waals surface area contributed by atoms with E-state index in [9.17, 15) is 8.42 Å². The van der Waals surface area contributed by atoms with Crippen LogP contribution in [0.1, 0.15) is 32.8 Å². The van der Waals surface area contributed by atoms with Crippen molar-refractivity contribution in [2.24, 2.45) is 5.92 Å². The van der Waals surface area contributed by atoms with E-state index in [0.717, 1.165) is 25.1 Å². The average molecular weight is 363 g/mol. The van der Waals surface area contributed by atoms with Crippen LogP contribution in [0.25, 0.3) is 0 Å². The molecule has 114 valence electrons. The van der Waals surface area contributed by atoms with Gasteiger partial charge in [-0.1, -0.05) is 26.8 Å². The number of hydrogen-bond acceptors (Lipinski definition) is 3. The first-order chi connectivity index (χ1) is 9.36. The number of rotatable bonds is 8. The Bertz CT molecular complexity index is 530. The highest BCUT2D eigenvalue weighted by molar-refractivity contribution is 9.10. The van der Waals surface area contributed by atoms with Gasteiger partial charge in [0.1, 0.15) is 0 Å². The van der Waals surface area contributed by atoms with Gasteiger partial charge in [0.15, 0.2) is 0 Å². The van der Waals surface area contributed by atoms with Gasteiger partial charge < -0.3 is 5.32 Å². The summed E-state index contributed by atoms with van der Waals surface area (Å²) in [7, 11) is -3.45. The van der Waals surface area contributed by atoms with Crippen molar-refractivity contribution in [1.82, 2.24) is 10.0 Å². The van der Waals surface area contributed by atoms with Crippen LogP contribution in [0.4, 0.5) is 0 Å². The molecule has 0 unspecified atom stereocenters. The van der Waals surface area contributed by atoms with Crippen molar-refractivity contribution < 1.29 is 8.42 Å². The Morgan fingerprint density at radius 3 is 2.55 bits per heavy atom. The van der Waals surface area contributed by atoms with Gasteiger partial charge in [0.25, 0.3) is 0 Å². The number of halogens is 1. The second-order valence-corrected chi connectivity index (χ2v) is 7.78. The van der Waals surface area contributed by atoms with Crippen molar-refractivity contribution in [3.63, 3.8) is 0 Å². The molecule has 0 saturated carbocycles. The van der Waals surface area contributed by atoms with Crippen LogP contribution in [0.5, 0.6) is 0 Å². The van der Waals surface area contributed by atoms with Crippen LogP contribution in [0, 0.1) is 5.92 Å². The lowest BCUT2D eigenvalue weighted by atomic mass is 10.2. The Morgan fingerprint density at radius 2 is 2.00 bits per heavy atom. The highest BCUT2D eigenvalue weighted by Gasteiger charge is 2.17. The van der Waals surface area contributed by atoms with Gasteiger partial charge in [-0.05, 0) is 52.5 Å². The summed E-state index contributed by atoms with van der Waals surface area (Å²) < 4.78 is 27.6. The summed E-state index contributed by atoms with van der Waals surface area (Å²) in [4.78, 5) is 0.289. The van der Waals surface area contributed by atoms with Crippen LogP contribution in [0.15, 0.2) is 27.6 Å². The van der Waals surface area contributed by atoms with Gasteiger partial charge in [0.05, 0.1) is 4.90 Å². The summed E-state index contributed by atoms with van der Waals surface area (Å²) in [6, 6.07) is 5.35. The molecular formula is C14H23BrN2O2S. The second kappa shape index (κ2) is 8.12. The monoisotopic (exact) mass is 362 g/mol. The van der Waals surface area contributed by atoms with Crippen molar-refractivity contribution in [3.05, 3.63) is 28.2 Å². The molecule has 0 fully saturated rings. The van der Waals surface area contributed by atoms with Crippen molar-refractivity contribution in [2.45, 2.75) is 38.6 Å². The van der Waals surface area contributed by atoms with Crippen molar-refractivity contribution in [3.8, 4) is 0 Å². The Kier molecular flexibility index (Phi) is 7.15. The second-order valence-electron chi connectivity index (χ2n) is 5.19. The number of sulfonamides is 1. The smallest absolute Gasteiger partial charge is 0.241 e. The fourth-order valence-corrected chi connectivity index (χ4v) is 3.97. The van der Waals surface area contributed by atoms with Gasteiger partial charge in [-0.25, -0.2) is 13.1 Å². The lowest BCUT2D eigenvalue weighted by Gasteiger charge is -2.11. The zero-order chi connectivity index (χ0) is 15.2. The minimum Gasteiger partial charge on any atom is -0.313 e. The molecule has 4 nitrogen and oxygen atoms in total. The first-order valence-corrected chi connectivity index (χ1v) is 9.13. The van der Waals surface area contributed by atoms with E-state index in [1.54, 1.807) is 6.07 Å². The molecule has 0 aromatic heterocycles. The first-order valence-electron chi connectivity index (χ1n) is 6.85. The molecule has 0 amide bonds. The summed E-state index contributed by atoms with van der Waals surface area (Å²) in [6.45, 7) is 8.19. The topological polar surface area (TPSA) is 58.2 Å². The van der Waals surface area contributed by atoms with Crippen molar-refractivity contribution in [1.29, 1.82) is 0 Å². The van der Waals surface area contributed by atoms with E-state index in [4.69, 9.17) is 0 Å². The molecule has 1 aromatic rings. The van der Waals surface area contributed by atoms with E-state index < -0.39 is 10.0 Å². The summed E-state index contributed by atoms with van der Waals surface area (Å²) in [5, 5.41) is 3.29. The van der Waals surface area contributed by atoms with Gasteiger partial charge in [-0.3, -0.25) is 0 Å². The lowest BCUT2D eigenvalue weighted by molar-refractivity contribution is 0.559. The molecule has 0 saturated heterocycles. The summed E-state index contributed by atoms with van der Waals surface area (Å²) in [5.74, 6) is 0.279. The van der Waals surface area contributed by atoms with Crippen molar-refractivity contribution in [2.75, 3.05) is 13.1 Å². The van der Waals surface area contributed by atoms with E-state index in [-0.39, 0.29) is 10.8 Å². The average Bonchev–Trinajstić information content (AvgIpc) is 2.37. The first kappa shape index (κ1) is 17.6. The van der Waals surface area contributed by atoms with Gasteiger partial charge in [0.2, 0.25) is 10.0 Å². The molecule has 20 heavy (non-hydrogen) atoms. The van der Waals surface area contributed by atoms with Crippen LogP contribution in [0.3, 0.4) is 0 Å². The van der Waals surface area contributed by atoms with Crippen LogP contribution in [0.2, 0.25) is 0 Å². The molecule has 0 aliphatic rings. The SMILES string of the molecule is CCCNCc1ccc(S(=O)(=O)NCC(C)C)c(Br)c1. The Balaban J connectivity index is 2.81. The van der Waals surface area contributed by atoms with E-state index in [2.05, 4.69) is 32.9 Å². The molecule has 0 aliphatic heterocycles. The third-order valence-electron chi connectivity index (χ3n) is 2.72. The lowest BCUT2D eigenvalue weighted by Crippen LogP contribution is -2.27. The molecule has 1 aromatic carbocycles. The maximum Gasteiger partial charge on any atom is 0.241 e. The molecule has 0 spiro atoms. The minimum absolute atomic E-state index is 0.279. The number of hydrogen-bond donors (Lipinski definition) is 2. The van der Waals surface area contributed by atoms with Gasteiger partial charge in [-0.2, -0.15) is 0 Å². The third-order valence-corrected chi connectivity index (χ3v) is 5.12. The van der Waals surface area contributed by atoms with Gasteiger partial charge in [-0.15, -0.1) is 0 Å². The molecule has 0 radical (unpaired) electrons. The van der Waals surface area contributed by atoms with Crippen LogP contribution < -0.4 is 10.0 Å². The highest BCUT2D eigenvalue weighted by atomic mass is 79.9. The van der Waals surface area contributed by atoms with Gasteiger partial charge in [0, 0.05) is 17.6 Å². The van der Waals surface area contributed by atoms with E-state index in [1.807, 2.05) is 26.0 Å². The fourth-order valence-electron chi connectivity index (χ4n) is 1.64. The van der Waals surface area contributed by atoms with E-state index in [1.165, 1.54) is 0 Å². The van der Waals surface area contributed by atoms with E-state index in [0.29, 0.717) is 11.0 Å². The molecule has 0 atom stereocenters. The van der Waals surface area contributed by atoms with Crippen LogP contribution in [-0.4, -0.2) is 21.5 Å².